The molecule has 5 nitrogen and oxygen atoms in total. The number of anilines is 3. The summed E-state index contributed by atoms with van der Waals surface area (Å²) in [6.07, 6.45) is 0. The molecule has 1 aromatic heterocycles. The summed E-state index contributed by atoms with van der Waals surface area (Å²) in [5, 5.41) is 3.73. The van der Waals surface area contributed by atoms with Gasteiger partial charge in [0.15, 0.2) is 5.13 Å². The van der Waals surface area contributed by atoms with E-state index < -0.39 is 0 Å². The van der Waals surface area contributed by atoms with E-state index in [0.29, 0.717) is 22.9 Å². The third-order valence-electron chi connectivity index (χ3n) is 4.78. The van der Waals surface area contributed by atoms with Crippen molar-refractivity contribution in [2.24, 2.45) is 0 Å². The predicted octanol–water partition coefficient (Wildman–Crippen LogP) is 6.05. The summed E-state index contributed by atoms with van der Waals surface area (Å²) < 4.78 is 5.80. The monoisotopic (exact) mass is 429 g/mol. The average Bonchev–Trinajstić information content (AvgIpc) is 3.21. The van der Waals surface area contributed by atoms with E-state index in [9.17, 15) is 4.79 Å². The number of nitrogens with one attached hydrogen (secondary N) is 1. The second kappa shape index (κ2) is 9.45. The molecule has 0 spiro atoms. The summed E-state index contributed by atoms with van der Waals surface area (Å²) in [5.74, 6) is 0.586. The first-order chi connectivity index (χ1) is 15.1. The van der Waals surface area contributed by atoms with Gasteiger partial charge in [-0.15, -0.1) is 0 Å². The minimum Gasteiger partial charge on any atom is -0.489 e. The number of aromatic nitrogens is 1. The van der Waals surface area contributed by atoms with Gasteiger partial charge in [0.05, 0.1) is 5.69 Å². The van der Waals surface area contributed by atoms with Crippen LogP contribution in [0.4, 0.5) is 16.5 Å². The van der Waals surface area contributed by atoms with Crippen LogP contribution in [0.2, 0.25) is 0 Å². The van der Waals surface area contributed by atoms with Crippen LogP contribution in [0.3, 0.4) is 0 Å². The van der Waals surface area contributed by atoms with Crippen LogP contribution in [-0.2, 0) is 6.61 Å². The maximum Gasteiger partial charge on any atom is 0.267 e. The molecule has 4 aromatic rings. The number of benzene rings is 3. The Labute approximate surface area is 186 Å². The highest BCUT2D eigenvalue weighted by molar-refractivity contribution is 7.17. The number of carbonyl (C=O) groups excluding carboxylic acids is 1. The Morgan fingerprint density at radius 2 is 1.61 bits per heavy atom. The molecule has 0 aliphatic heterocycles. The lowest BCUT2D eigenvalue weighted by Crippen LogP contribution is -2.11. The molecule has 0 bridgehead atoms. The lowest BCUT2D eigenvalue weighted by atomic mass is 10.2. The van der Waals surface area contributed by atoms with Gasteiger partial charge in [-0.1, -0.05) is 59.9 Å². The number of ether oxygens (including phenoxy) is 1. The SMILES string of the molecule is Cc1nc(N(C)c2ccccc2)sc1C(=O)Nc1ccc(OCc2ccccc2)cc1. The fourth-order valence-electron chi connectivity index (χ4n) is 3.06. The molecule has 0 saturated heterocycles. The van der Waals surface area contributed by atoms with Gasteiger partial charge < -0.3 is 15.0 Å². The molecule has 0 radical (unpaired) electrons. The van der Waals surface area contributed by atoms with E-state index in [1.807, 2.05) is 104 Å². The molecule has 4 rings (SSSR count). The van der Waals surface area contributed by atoms with Crippen molar-refractivity contribution >= 4 is 33.8 Å². The highest BCUT2D eigenvalue weighted by atomic mass is 32.1. The second-order valence-corrected chi connectivity index (χ2v) is 8.04. The largest absolute Gasteiger partial charge is 0.489 e. The zero-order valence-corrected chi connectivity index (χ0v) is 18.2. The number of aryl methyl sites for hydroxylation is 1. The van der Waals surface area contributed by atoms with Gasteiger partial charge in [-0.05, 0) is 48.9 Å². The van der Waals surface area contributed by atoms with E-state index in [1.165, 1.54) is 11.3 Å². The molecule has 31 heavy (non-hydrogen) atoms. The maximum atomic E-state index is 12.8. The molecule has 0 atom stereocenters. The Hall–Kier alpha value is -3.64. The fraction of sp³-hybridized carbons (Fsp3) is 0.120. The first-order valence-corrected chi connectivity index (χ1v) is 10.8. The average molecular weight is 430 g/mol. The van der Waals surface area contributed by atoms with Crippen molar-refractivity contribution in [2.75, 3.05) is 17.3 Å². The minimum absolute atomic E-state index is 0.166. The number of amides is 1. The van der Waals surface area contributed by atoms with E-state index in [4.69, 9.17) is 4.74 Å². The molecule has 0 aliphatic rings. The van der Waals surface area contributed by atoms with E-state index >= 15 is 0 Å². The first kappa shape index (κ1) is 20.6. The summed E-state index contributed by atoms with van der Waals surface area (Å²) in [6.45, 7) is 2.36. The molecule has 0 fully saturated rings. The summed E-state index contributed by atoms with van der Waals surface area (Å²) in [5.41, 5.74) is 3.55. The Balaban J connectivity index is 1.39. The van der Waals surface area contributed by atoms with Crippen LogP contribution in [0.5, 0.6) is 5.75 Å². The van der Waals surface area contributed by atoms with Crippen molar-refractivity contribution < 1.29 is 9.53 Å². The quantitative estimate of drug-likeness (QED) is 0.388. The number of para-hydroxylation sites is 1. The van der Waals surface area contributed by atoms with E-state index in [-0.39, 0.29) is 5.91 Å². The second-order valence-electron chi connectivity index (χ2n) is 7.06. The normalized spacial score (nSPS) is 10.5. The summed E-state index contributed by atoms with van der Waals surface area (Å²) in [7, 11) is 1.95. The van der Waals surface area contributed by atoms with E-state index in [1.54, 1.807) is 0 Å². The van der Waals surface area contributed by atoms with E-state index in [0.717, 1.165) is 22.1 Å². The number of hydrogen-bond donors (Lipinski definition) is 1. The molecule has 3 aromatic carbocycles. The predicted molar refractivity (Wildman–Crippen MR) is 127 cm³/mol. The third kappa shape index (κ3) is 5.10. The first-order valence-electron chi connectivity index (χ1n) is 9.94. The van der Waals surface area contributed by atoms with Gasteiger partial charge in [0.1, 0.15) is 17.2 Å². The Kier molecular flexibility index (Phi) is 6.29. The van der Waals surface area contributed by atoms with Crippen LogP contribution in [0.25, 0.3) is 0 Å². The van der Waals surface area contributed by atoms with Crippen LogP contribution >= 0.6 is 11.3 Å². The molecular formula is C25H23N3O2S. The number of carbonyl (C=O) groups is 1. The smallest absolute Gasteiger partial charge is 0.267 e. The fourth-order valence-corrected chi connectivity index (χ4v) is 4.01. The highest BCUT2D eigenvalue weighted by Crippen LogP contribution is 2.31. The minimum atomic E-state index is -0.166. The van der Waals surface area contributed by atoms with Crippen molar-refractivity contribution in [3.63, 3.8) is 0 Å². The van der Waals surface area contributed by atoms with Crippen molar-refractivity contribution in [2.45, 2.75) is 13.5 Å². The Morgan fingerprint density at radius 1 is 0.968 bits per heavy atom. The van der Waals surface area contributed by atoms with Gasteiger partial charge in [-0.3, -0.25) is 4.79 Å². The van der Waals surface area contributed by atoms with Crippen LogP contribution in [0.15, 0.2) is 84.9 Å². The van der Waals surface area contributed by atoms with Gasteiger partial charge in [0, 0.05) is 18.4 Å². The number of nitrogens with zero attached hydrogens (tertiary/aromatic N) is 2. The topological polar surface area (TPSA) is 54.5 Å². The van der Waals surface area contributed by atoms with Crippen molar-refractivity contribution in [1.29, 1.82) is 0 Å². The highest BCUT2D eigenvalue weighted by Gasteiger charge is 2.18. The van der Waals surface area contributed by atoms with Gasteiger partial charge in [0.25, 0.3) is 5.91 Å². The van der Waals surface area contributed by atoms with E-state index in [2.05, 4.69) is 10.3 Å². The van der Waals surface area contributed by atoms with Crippen molar-refractivity contribution in [3.8, 4) is 5.75 Å². The van der Waals surface area contributed by atoms with Crippen molar-refractivity contribution in [3.05, 3.63) is 101 Å². The Bertz CT molecular complexity index is 1140. The lowest BCUT2D eigenvalue weighted by Gasteiger charge is -2.15. The molecule has 0 saturated carbocycles. The maximum absolute atomic E-state index is 12.8. The van der Waals surface area contributed by atoms with Gasteiger partial charge >= 0.3 is 0 Å². The molecule has 0 aliphatic carbocycles. The van der Waals surface area contributed by atoms with Crippen LogP contribution in [0, 0.1) is 6.92 Å². The molecule has 6 heteroatoms. The van der Waals surface area contributed by atoms with Crippen LogP contribution < -0.4 is 15.0 Å². The summed E-state index contributed by atoms with van der Waals surface area (Å²) >= 11 is 1.38. The zero-order valence-electron chi connectivity index (χ0n) is 17.4. The van der Waals surface area contributed by atoms with Crippen molar-refractivity contribution in [1.82, 2.24) is 4.98 Å². The van der Waals surface area contributed by atoms with Crippen LogP contribution in [0.1, 0.15) is 20.9 Å². The molecule has 1 N–H and O–H groups in total. The summed E-state index contributed by atoms with van der Waals surface area (Å²) in [6, 6.07) is 27.3. The zero-order chi connectivity index (χ0) is 21.6. The third-order valence-corrected chi connectivity index (χ3v) is 6.02. The summed E-state index contributed by atoms with van der Waals surface area (Å²) in [4.78, 5) is 20.0. The van der Waals surface area contributed by atoms with Gasteiger partial charge in [0.2, 0.25) is 0 Å². The van der Waals surface area contributed by atoms with Gasteiger partial charge in [-0.2, -0.15) is 0 Å². The number of rotatable bonds is 7. The Morgan fingerprint density at radius 3 is 2.29 bits per heavy atom. The molecule has 1 heterocycles. The molecule has 156 valence electrons. The van der Waals surface area contributed by atoms with Gasteiger partial charge in [-0.25, -0.2) is 4.98 Å². The number of thiazole rings is 1. The standard InChI is InChI=1S/C25H23N3O2S/c1-18-23(31-25(26-18)28(2)21-11-7-4-8-12-21)24(29)27-20-13-15-22(16-14-20)30-17-19-9-5-3-6-10-19/h3-16H,17H2,1-2H3,(H,27,29). The van der Waals surface area contributed by atoms with Crippen LogP contribution in [-0.4, -0.2) is 17.9 Å². The lowest BCUT2D eigenvalue weighted by molar-refractivity contribution is 0.103. The molecular weight excluding hydrogens is 406 g/mol. The molecule has 1 amide bonds. The molecule has 0 unspecified atom stereocenters. The number of hydrogen-bond acceptors (Lipinski definition) is 5.